The second-order valence-corrected chi connectivity index (χ2v) is 5.87. The van der Waals surface area contributed by atoms with Crippen molar-refractivity contribution in [1.29, 1.82) is 0 Å². The van der Waals surface area contributed by atoms with Crippen molar-refractivity contribution in [3.63, 3.8) is 0 Å². The zero-order chi connectivity index (χ0) is 15.1. The summed E-state index contributed by atoms with van der Waals surface area (Å²) in [5.74, 6) is 2.45. The average Bonchev–Trinajstić information content (AvgIpc) is 3.39. The molecular formula is C19H19N3. The molecule has 2 aromatic rings. The van der Waals surface area contributed by atoms with E-state index in [4.69, 9.17) is 0 Å². The number of hydrogen-bond acceptors (Lipinski definition) is 2. The normalized spacial score (nSPS) is 19.0. The predicted molar refractivity (Wildman–Crippen MR) is 91.7 cm³/mol. The number of nitrogens with zero attached hydrogens (tertiary/aromatic N) is 2. The Kier molecular flexibility index (Phi) is 3.00. The molecule has 3 heteroatoms. The van der Waals surface area contributed by atoms with Crippen LogP contribution in [0.4, 0.5) is 11.4 Å². The van der Waals surface area contributed by atoms with E-state index in [0.717, 1.165) is 28.8 Å². The standard InChI is InChI=1S/C19H19N3/c1-13-21-19(20-2)17-11-10-15(14-8-9-14)12-18(17)22(13)16-6-4-3-5-7-16/h3-7,10-12,14H,1,8-9H2,2H3,(H,20,21). The number of anilines is 2. The lowest BCUT2D eigenvalue weighted by atomic mass is 10.0. The zero-order valence-corrected chi connectivity index (χ0v) is 12.7. The van der Waals surface area contributed by atoms with Gasteiger partial charge in [0.2, 0.25) is 0 Å². The Morgan fingerprint density at radius 2 is 1.91 bits per heavy atom. The maximum Gasteiger partial charge on any atom is 0.135 e. The Labute approximate surface area is 131 Å². The SMILES string of the molecule is C=C1NC(=NC)c2ccc(C3CC3)cc2N1c1ccccc1. The van der Waals surface area contributed by atoms with Crippen LogP contribution in [0, 0.1) is 0 Å². The summed E-state index contributed by atoms with van der Waals surface area (Å²) in [7, 11) is 1.81. The summed E-state index contributed by atoms with van der Waals surface area (Å²) in [6.07, 6.45) is 2.61. The van der Waals surface area contributed by atoms with E-state index in [9.17, 15) is 0 Å². The van der Waals surface area contributed by atoms with Crippen molar-refractivity contribution in [2.45, 2.75) is 18.8 Å². The summed E-state index contributed by atoms with van der Waals surface area (Å²) < 4.78 is 0. The van der Waals surface area contributed by atoms with Gasteiger partial charge < -0.3 is 5.32 Å². The molecule has 0 aromatic heterocycles. The fourth-order valence-electron chi connectivity index (χ4n) is 3.06. The Bertz CT molecular complexity index is 758. The Balaban J connectivity index is 1.89. The number of benzene rings is 2. The lowest BCUT2D eigenvalue weighted by Crippen LogP contribution is -2.38. The van der Waals surface area contributed by atoms with Gasteiger partial charge in [0.15, 0.2) is 0 Å². The fourth-order valence-corrected chi connectivity index (χ4v) is 3.06. The second-order valence-electron chi connectivity index (χ2n) is 5.87. The highest BCUT2D eigenvalue weighted by molar-refractivity contribution is 6.08. The molecule has 2 aliphatic rings. The highest BCUT2D eigenvalue weighted by Crippen LogP contribution is 2.43. The summed E-state index contributed by atoms with van der Waals surface area (Å²) in [4.78, 5) is 6.55. The summed E-state index contributed by atoms with van der Waals surface area (Å²) in [5.41, 5.74) is 4.83. The van der Waals surface area contributed by atoms with Crippen LogP contribution in [-0.2, 0) is 0 Å². The smallest absolute Gasteiger partial charge is 0.135 e. The van der Waals surface area contributed by atoms with Crippen molar-refractivity contribution in [3.05, 3.63) is 72.1 Å². The van der Waals surface area contributed by atoms with Crippen molar-refractivity contribution in [3.8, 4) is 0 Å². The lowest BCUT2D eigenvalue weighted by Gasteiger charge is -2.34. The van der Waals surface area contributed by atoms with Crippen molar-refractivity contribution < 1.29 is 0 Å². The summed E-state index contributed by atoms with van der Waals surface area (Å²) in [6, 6.07) is 17.1. The molecular weight excluding hydrogens is 270 g/mol. The van der Waals surface area contributed by atoms with Gasteiger partial charge in [-0.1, -0.05) is 30.8 Å². The van der Waals surface area contributed by atoms with Gasteiger partial charge in [0, 0.05) is 18.3 Å². The zero-order valence-electron chi connectivity index (χ0n) is 12.7. The first kappa shape index (κ1) is 13.1. The first-order valence-corrected chi connectivity index (χ1v) is 7.70. The van der Waals surface area contributed by atoms with Crippen LogP contribution in [0.5, 0.6) is 0 Å². The number of fused-ring (bicyclic) bond motifs is 1. The number of para-hydroxylation sites is 1. The molecule has 0 unspecified atom stereocenters. The first-order valence-electron chi connectivity index (χ1n) is 7.70. The number of rotatable bonds is 2. The van der Waals surface area contributed by atoms with Crippen LogP contribution in [0.1, 0.15) is 29.9 Å². The van der Waals surface area contributed by atoms with Gasteiger partial charge >= 0.3 is 0 Å². The van der Waals surface area contributed by atoms with Gasteiger partial charge in [-0.15, -0.1) is 0 Å². The molecule has 1 fully saturated rings. The van der Waals surface area contributed by atoms with E-state index in [1.54, 1.807) is 0 Å². The van der Waals surface area contributed by atoms with Gasteiger partial charge in [-0.3, -0.25) is 9.89 Å². The van der Waals surface area contributed by atoms with Crippen LogP contribution in [0.25, 0.3) is 0 Å². The molecule has 2 aromatic carbocycles. The molecule has 0 bridgehead atoms. The van der Waals surface area contributed by atoms with Crippen molar-refractivity contribution in [2.24, 2.45) is 4.99 Å². The molecule has 1 aliphatic carbocycles. The number of aliphatic imine (C=N–C) groups is 1. The molecule has 0 saturated heterocycles. The maximum atomic E-state index is 4.38. The average molecular weight is 289 g/mol. The van der Waals surface area contributed by atoms with E-state index in [0.29, 0.717) is 0 Å². The fraction of sp³-hybridized carbons (Fsp3) is 0.211. The Morgan fingerprint density at radius 3 is 2.59 bits per heavy atom. The van der Waals surface area contributed by atoms with Crippen LogP contribution >= 0.6 is 0 Å². The van der Waals surface area contributed by atoms with Crippen LogP contribution in [-0.4, -0.2) is 12.9 Å². The molecule has 1 saturated carbocycles. The first-order chi connectivity index (χ1) is 10.8. The van der Waals surface area contributed by atoms with Crippen molar-refractivity contribution >= 4 is 17.2 Å². The Hall–Kier alpha value is -2.55. The monoisotopic (exact) mass is 289 g/mol. The molecule has 22 heavy (non-hydrogen) atoms. The molecule has 1 aliphatic heterocycles. The Morgan fingerprint density at radius 1 is 1.14 bits per heavy atom. The van der Waals surface area contributed by atoms with Crippen LogP contribution in [0.3, 0.4) is 0 Å². The molecule has 1 heterocycles. The van der Waals surface area contributed by atoms with Gasteiger partial charge in [-0.25, -0.2) is 0 Å². The third-order valence-electron chi connectivity index (χ3n) is 4.34. The third-order valence-corrected chi connectivity index (χ3v) is 4.34. The third kappa shape index (κ3) is 2.10. The molecule has 0 amide bonds. The highest BCUT2D eigenvalue weighted by Gasteiger charge is 2.29. The van der Waals surface area contributed by atoms with Gasteiger partial charge in [-0.2, -0.15) is 0 Å². The van der Waals surface area contributed by atoms with Gasteiger partial charge in [-0.05, 0) is 48.6 Å². The highest BCUT2D eigenvalue weighted by atomic mass is 15.3. The van der Waals surface area contributed by atoms with E-state index >= 15 is 0 Å². The molecule has 0 spiro atoms. The summed E-state index contributed by atoms with van der Waals surface area (Å²) >= 11 is 0. The number of amidine groups is 1. The maximum absolute atomic E-state index is 4.38. The van der Waals surface area contributed by atoms with E-state index in [1.807, 2.05) is 13.1 Å². The van der Waals surface area contributed by atoms with E-state index in [2.05, 4.69) is 64.3 Å². The van der Waals surface area contributed by atoms with Crippen LogP contribution in [0.2, 0.25) is 0 Å². The van der Waals surface area contributed by atoms with Crippen LogP contribution in [0.15, 0.2) is 65.9 Å². The molecule has 0 atom stereocenters. The lowest BCUT2D eigenvalue weighted by molar-refractivity contribution is 0.983. The van der Waals surface area contributed by atoms with E-state index < -0.39 is 0 Å². The molecule has 3 nitrogen and oxygen atoms in total. The predicted octanol–water partition coefficient (Wildman–Crippen LogP) is 4.15. The molecule has 110 valence electrons. The minimum atomic E-state index is 0.730. The molecule has 4 rings (SSSR count). The quantitative estimate of drug-likeness (QED) is 0.899. The van der Waals surface area contributed by atoms with Gasteiger partial charge in [0.1, 0.15) is 11.7 Å². The number of nitrogens with one attached hydrogen (secondary N) is 1. The summed E-state index contributed by atoms with van der Waals surface area (Å²) in [5, 5.41) is 3.32. The largest absolute Gasteiger partial charge is 0.326 e. The molecule has 0 radical (unpaired) electrons. The second kappa shape index (κ2) is 5.02. The summed E-state index contributed by atoms with van der Waals surface area (Å²) in [6.45, 7) is 4.19. The van der Waals surface area contributed by atoms with Crippen molar-refractivity contribution in [1.82, 2.24) is 5.32 Å². The van der Waals surface area contributed by atoms with Crippen molar-refractivity contribution in [2.75, 3.05) is 11.9 Å². The molecule has 1 N–H and O–H groups in total. The van der Waals surface area contributed by atoms with Crippen LogP contribution < -0.4 is 10.2 Å². The topological polar surface area (TPSA) is 27.6 Å². The van der Waals surface area contributed by atoms with Gasteiger partial charge in [0.25, 0.3) is 0 Å². The number of hydrogen-bond donors (Lipinski definition) is 1. The van der Waals surface area contributed by atoms with Gasteiger partial charge in [0.05, 0.1) is 5.69 Å². The minimum Gasteiger partial charge on any atom is -0.326 e. The minimum absolute atomic E-state index is 0.730. The van der Waals surface area contributed by atoms with E-state index in [1.165, 1.54) is 24.1 Å². The van der Waals surface area contributed by atoms with E-state index in [-0.39, 0.29) is 0 Å².